The minimum Gasteiger partial charge on any atom is -0.465 e. The van der Waals surface area contributed by atoms with Gasteiger partial charge in [-0.15, -0.1) is 0 Å². The molecular weight excluding hydrogens is 214 g/mol. The standard InChI is InChI=1S/C14H13NO2/c1-9-6-7-17-13(9)8-11-10-4-2-3-5-12(10)15-14(11)16/h2-3,5-8,10H,4H2,1H3,(H,15,16). The first-order valence-electron chi connectivity index (χ1n) is 5.69. The molecule has 3 nitrogen and oxygen atoms in total. The van der Waals surface area contributed by atoms with E-state index in [1.807, 2.05) is 31.2 Å². The highest BCUT2D eigenvalue weighted by atomic mass is 16.3. The fourth-order valence-corrected chi connectivity index (χ4v) is 2.25. The Morgan fingerprint density at radius 3 is 3.18 bits per heavy atom. The van der Waals surface area contributed by atoms with Crippen LogP contribution in [0.25, 0.3) is 6.08 Å². The second kappa shape index (κ2) is 3.77. The highest BCUT2D eigenvalue weighted by molar-refractivity contribution is 6.03. The first-order valence-corrected chi connectivity index (χ1v) is 5.69. The molecule has 1 aliphatic heterocycles. The minimum absolute atomic E-state index is 0.0132. The number of hydrogen-bond donors (Lipinski definition) is 1. The topological polar surface area (TPSA) is 42.2 Å². The van der Waals surface area contributed by atoms with Crippen LogP contribution in [0.4, 0.5) is 0 Å². The largest absolute Gasteiger partial charge is 0.465 e. The summed E-state index contributed by atoms with van der Waals surface area (Å²) >= 11 is 0. The Balaban J connectivity index is 2.01. The Bertz CT molecular complexity index is 561. The highest BCUT2D eigenvalue weighted by Gasteiger charge is 2.33. The van der Waals surface area contributed by atoms with E-state index in [1.54, 1.807) is 6.26 Å². The van der Waals surface area contributed by atoms with Crippen molar-refractivity contribution >= 4 is 12.0 Å². The summed E-state index contributed by atoms with van der Waals surface area (Å²) < 4.78 is 5.36. The van der Waals surface area contributed by atoms with Crippen LogP contribution in [0.1, 0.15) is 17.7 Å². The first-order chi connectivity index (χ1) is 8.25. The van der Waals surface area contributed by atoms with Gasteiger partial charge in [0.25, 0.3) is 5.91 Å². The number of furan rings is 1. The fourth-order valence-electron chi connectivity index (χ4n) is 2.25. The summed E-state index contributed by atoms with van der Waals surface area (Å²) in [7, 11) is 0. The Labute approximate surface area is 99.5 Å². The van der Waals surface area contributed by atoms with E-state index in [-0.39, 0.29) is 11.8 Å². The maximum atomic E-state index is 11.9. The molecule has 1 aromatic heterocycles. The van der Waals surface area contributed by atoms with Gasteiger partial charge in [0.1, 0.15) is 5.76 Å². The van der Waals surface area contributed by atoms with E-state index in [4.69, 9.17) is 4.42 Å². The molecule has 1 aromatic rings. The van der Waals surface area contributed by atoms with Gasteiger partial charge in [-0.3, -0.25) is 4.79 Å². The summed E-state index contributed by atoms with van der Waals surface area (Å²) in [6.07, 6.45) is 10.4. The number of carbonyl (C=O) groups is 1. The van der Waals surface area contributed by atoms with Gasteiger partial charge in [-0.25, -0.2) is 0 Å². The molecule has 1 amide bonds. The number of hydrogen-bond acceptors (Lipinski definition) is 2. The van der Waals surface area contributed by atoms with Crippen LogP contribution in [0.5, 0.6) is 0 Å². The van der Waals surface area contributed by atoms with Crippen molar-refractivity contribution < 1.29 is 9.21 Å². The van der Waals surface area contributed by atoms with Crippen molar-refractivity contribution in [3.63, 3.8) is 0 Å². The van der Waals surface area contributed by atoms with Crippen molar-refractivity contribution in [3.8, 4) is 0 Å². The van der Waals surface area contributed by atoms with E-state index in [1.165, 1.54) is 0 Å². The third-order valence-electron chi connectivity index (χ3n) is 3.24. The van der Waals surface area contributed by atoms with Gasteiger partial charge in [0, 0.05) is 17.2 Å². The maximum absolute atomic E-state index is 11.9. The molecule has 1 atom stereocenters. The molecule has 0 bridgehead atoms. The van der Waals surface area contributed by atoms with Crippen LogP contribution in [0.15, 0.2) is 46.2 Å². The lowest BCUT2D eigenvalue weighted by Crippen LogP contribution is -2.13. The zero-order valence-electron chi connectivity index (χ0n) is 9.57. The molecule has 1 unspecified atom stereocenters. The van der Waals surface area contributed by atoms with Crippen molar-refractivity contribution in [3.05, 3.63) is 53.2 Å². The third kappa shape index (κ3) is 1.64. The molecule has 17 heavy (non-hydrogen) atoms. The third-order valence-corrected chi connectivity index (χ3v) is 3.24. The molecule has 1 aliphatic carbocycles. The number of nitrogens with one attached hydrogen (secondary N) is 1. The molecule has 86 valence electrons. The van der Waals surface area contributed by atoms with Crippen LogP contribution in [0.2, 0.25) is 0 Å². The molecule has 1 fully saturated rings. The molecule has 2 aliphatic rings. The Hall–Kier alpha value is -2.03. The van der Waals surface area contributed by atoms with Gasteiger partial charge in [-0.05, 0) is 37.1 Å². The molecule has 0 spiro atoms. The number of aryl methyl sites for hydroxylation is 1. The van der Waals surface area contributed by atoms with E-state index in [0.717, 1.165) is 29.0 Å². The Morgan fingerprint density at radius 2 is 2.41 bits per heavy atom. The number of rotatable bonds is 1. The fraction of sp³-hybridized carbons (Fsp3) is 0.214. The molecule has 3 rings (SSSR count). The van der Waals surface area contributed by atoms with Crippen molar-refractivity contribution in [2.75, 3.05) is 0 Å². The molecule has 1 N–H and O–H groups in total. The highest BCUT2D eigenvalue weighted by Crippen LogP contribution is 2.33. The van der Waals surface area contributed by atoms with Crippen molar-refractivity contribution in [1.29, 1.82) is 0 Å². The van der Waals surface area contributed by atoms with Gasteiger partial charge in [-0.1, -0.05) is 12.2 Å². The minimum atomic E-state index is -0.0132. The van der Waals surface area contributed by atoms with E-state index >= 15 is 0 Å². The molecule has 0 saturated carbocycles. The predicted molar refractivity (Wildman–Crippen MR) is 64.9 cm³/mol. The van der Waals surface area contributed by atoms with Crippen molar-refractivity contribution in [1.82, 2.24) is 5.32 Å². The second-order valence-corrected chi connectivity index (χ2v) is 4.36. The lowest BCUT2D eigenvalue weighted by atomic mass is 9.92. The summed E-state index contributed by atoms with van der Waals surface area (Å²) in [6, 6.07) is 1.90. The van der Waals surface area contributed by atoms with Gasteiger partial charge in [-0.2, -0.15) is 0 Å². The van der Waals surface area contributed by atoms with E-state index in [9.17, 15) is 4.79 Å². The molecule has 3 heteroatoms. The molecular formula is C14H13NO2. The summed E-state index contributed by atoms with van der Waals surface area (Å²) in [5.41, 5.74) is 2.83. The summed E-state index contributed by atoms with van der Waals surface area (Å²) in [5, 5.41) is 2.90. The van der Waals surface area contributed by atoms with E-state index < -0.39 is 0 Å². The van der Waals surface area contributed by atoms with Crippen LogP contribution in [0.3, 0.4) is 0 Å². The SMILES string of the molecule is Cc1ccoc1C=C1C(=O)NC2=CC=CCC21. The normalized spacial score (nSPS) is 24.8. The number of fused-ring (bicyclic) bond motifs is 1. The lowest BCUT2D eigenvalue weighted by Gasteiger charge is -2.11. The van der Waals surface area contributed by atoms with E-state index in [0.29, 0.717) is 0 Å². The van der Waals surface area contributed by atoms with Crippen molar-refractivity contribution in [2.24, 2.45) is 5.92 Å². The Kier molecular flexibility index (Phi) is 2.25. The maximum Gasteiger partial charge on any atom is 0.252 e. The van der Waals surface area contributed by atoms with Crippen LogP contribution in [0, 0.1) is 12.8 Å². The van der Waals surface area contributed by atoms with Gasteiger partial charge in [0.15, 0.2) is 0 Å². The van der Waals surface area contributed by atoms with Crippen LogP contribution >= 0.6 is 0 Å². The first kappa shape index (κ1) is 10.1. The summed E-state index contributed by atoms with van der Waals surface area (Å²) in [6.45, 7) is 1.97. The average Bonchev–Trinajstić information content (AvgIpc) is 2.85. The monoisotopic (exact) mass is 227 g/mol. The number of carbonyl (C=O) groups excluding carboxylic acids is 1. The smallest absolute Gasteiger partial charge is 0.252 e. The summed E-state index contributed by atoms with van der Waals surface area (Å²) in [4.78, 5) is 11.9. The van der Waals surface area contributed by atoms with Crippen molar-refractivity contribution in [2.45, 2.75) is 13.3 Å². The Morgan fingerprint density at radius 1 is 1.53 bits per heavy atom. The molecule has 2 heterocycles. The van der Waals surface area contributed by atoms with E-state index in [2.05, 4.69) is 11.4 Å². The van der Waals surface area contributed by atoms with Crippen LogP contribution < -0.4 is 5.32 Å². The molecule has 0 aromatic carbocycles. The lowest BCUT2D eigenvalue weighted by molar-refractivity contribution is -0.115. The number of amides is 1. The molecule has 0 radical (unpaired) electrons. The zero-order valence-corrected chi connectivity index (χ0v) is 9.57. The average molecular weight is 227 g/mol. The van der Waals surface area contributed by atoms with Gasteiger partial charge in [0.05, 0.1) is 6.26 Å². The molecule has 1 saturated heterocycles. The number of allylic oxidation sites excluding steroid dienone is 4. The predicted octanol–water partition coefficient (Wildman–Crippen LogP) is 2.56. The van der Waals surface area contributed by atoms with Gasteiger partial charge in [0.2, 0.25) is 0 Å². The van der Waals surface area contributed by atoms with Crippen LogP contribution in [-0.2, 0) is 4.79 Å². The second-order valence-electron chi connectivity index (χ2n) is 4.36. The summed E-state index contributed by atoms with van der Waals surface area (Å²) in [5.74, 6) is 0.920. The van der Waals surface area contributed by atoms with Gasteiger partial charge < -0.3 is 9.73 Å². The van der Waals surface area contributed by atoms with Crippen LogP contribution in [-0.4, -0.2) is 5.91 Å². The quantitative estimate of drug-likeness (QED) is 0.749. The zero-order chi connectivity index (χ0) is 11.8. The van der Waals surface area contributed by atoms with Gasteiger partial charge >= 0.3 is 0 Å².